The highest BCUT2D eigenvalue weighted by atomic mass is 16.5. The van der Waals surface area contributed by atoms with Crippen molar-refractivity contribution >= 4 is 11.9 Å². The van der Waals surface area contributed by atoms with Gasteiger partial charge >= 0.3 is 5.97 Å². The third kappa shape index (κ3) is 63.5. The third-order valence-corrected chi connectivity index (χ3v) is 16.8. The third-order valence-electron chi connectivity index (χ3n) is 16.8. The largest absolute Gasteiger partial charge is 0.466 e. The van der Waals surface area contributed by atoms with Gasteiger partial charge in [-0.05, 0) is 57.8 Å². The lowest BCUT2D eigenvalue weighted by molar-refractivity contribution is -0.143. The van der Waals surface area contributed by atoms with E-state index in [0.717, 1.165) is 51.4 Å². The molecule has 2 atom stereocenters. The second kappa shape index (κ2) is 67.8. The molecule has 0 saturated heterocycles. The highest BCUT2D eigenvalue weighted by Gasteiger charge is 2.20. The number of aliphatic hydroxyl groups excluding tert-OH is 2. The lowest BCUT2D eigenvalue weighted by Gasteiger charge is -2.22. The van der Waals surface area contributed by atoms with E-state index in [-0.39, 0.29) is 18.5 Å². The van der Waals surface area contributed by atoms with Crippen molar-refractivity contribution in [2.75, 3.05) is 13.2 Å². The molecule has 0 rings (SSSR count). The maximum absolute atomic E-state index is 12.6. The monoisotopic (exact) mass is 1100 g/mol. The van der Waals surface area contributed by atoms with Crippen LogP contribution < -0.4 is 5.32 Å². The van der Waals surface area contributed by atoms with Crippen LogP contribution >= 0.6 is 0 Å². The lowest BCUT2D eigenvalue weighted by atomic mass is 10.0. The summed E-state index contributed by atoms with van der Waals surface area (Å²) in [5, 5.41) is 23.4. The minimum Gasteiger partial charge on any atom is -0.466 e. The Bertz CT molecular complexity index is 1220. The normalized spacial score (nSPS) is 12.6. The van der Waals surface area contributed by atoms with Gasteiger partial charge in [-0.1, -0.05) is 353 Å². The zero-order chi connectivity index (χ0) is 56.4. The van der Waals surface area contributed by atoms with Gasteiger partial charge in [0.2, 0.25) is 5.91 Å². The molecule has 0 spiro atoms. The second-order valence-electron chi connectivity index (χ2n) is 24.6. The summed E-state index contributed by atoms with van der Waals surface area (Å²) in [6, 6.07) is -0.546. The van der Waals surface area contributed by atoms with Crippen LogP contribution in [0.3, 0.4) is 0 Å². The van der Waals surface area contributed by atoms with Crippen molar-refractivity contribution in [1.82, 2.24) is 5.32 Å². The maximum Gasteiger partial charge on any atom is 0.305 e. The number of carbonyl (C=O) groups is 2. The molecule has 0 heterocycles. The number of nitrogens with one attached hydrogen (secondary N) is 1. The molecule has 462 valence electrons. The Morgan fingerprint density at radius 2 is 0.641 bits per heavy atom. The molecule has 0 aromatic rings. The summed E-state index contributed by atoms with van der Waals surface area (Å²) in [6.45, 7) is 4.96. The molecule has 0 aromatic carbocycles. The molecule has 0 aliphatic heterocycles. The van der Waals surface area contributed by atoms with E-state index in [9.17, 15) is 19.8 Å². The summed E-state index contributed by atoms with van der Waals surface area (Å²) >= 11 is 0. The molecule has 0 aliphatic rings. The Kier molecular flexibility index (Phi) is 66.4. The number of unbranched alkanes of at least 4 members (excludes halogenated alkanes) is 52. The molecule has 0 fully saturated rings. The van der Waals surface area contributed by atoms with Gasteiger partial charge in [0.25, 0.3) is 0 Å². The van der Waals surface area contributed by atoms with E-state index in [1.807, 2.05) is 0 Å². The van der Waals surface area contributed by atoms with Crippen LogP contribution in [0.25, 0.3) is 0 Å². The van der Waals surface area contributed by atoms with Gasteiger partial charge in [-0.2, -0.15) is 0 Å². The number of esters is 1. The van der Waals surface area contributed by atoms with E-state index in [1.165, 1.54) is 315 Å². The minimum absolute atomic E-state index is 0.00488. The molecular weight excluding hydrogens is 959 g/mol. The fourth-order valence-corrected chi connectivity index (χ4v) is 11.3. The zero-order valence-electron chi connectivity index (χ0n) is 52.9. The summed E-state index contributed by atoms with van der Waals surface area (Å²) < 4.78 is 5.50. The van der Waals surface area contributed by atoms with Gasteiger partial charge < -0.3 is 20.3 Å². The number of carbonyl (C=O) groups excluding carboxylic acids is 2. The van der Waals surface area contributed by atoms with Crippen LogP contribution in [-0.2, 0) is 14.3 Å². The smallest absolute Gasteiger partial charge is 0.305 e. The Hall–Kier alpha value is -1.66. The van der Waals surface area contributed by atoms with E-state index < -0.39 is 12.1 Å². The van der Waals surface area contributed by atoms with Crippen LogP contribution in [0.15, 0.2) is 24.3 Å². The first-order valence-corrected chi connectivity index (χ1v) is 35.6. The van der Waals surface area contributed by atoms with E-state index in [4.69, 9.17) is 4.74 Å². The molecular formula is C72H139NO5. The maximum atomic E-state index is 12.6. The summed E-state index contributed by atoms with van der Waals surface area (Å²) in [5.74, 6) is -0.0293. The molecule has 6 nitrogen and oxygen atoms in total. The highest BCUT2D eigenvalue weighted by molar-refractivity contribution is 5.76. The lowest BCUT2D eigenvalue weighted by Crippen LogP contribution is -2.45. The van der Waals surface area contributed by atoms with Crippen LogP contribution in [0, 0.1) is 0 Å². The quantitative estimate of drug-likeness (QED) is 0.0320. The molecule has 0 radical (unpaired) electrons. The van der Waals surface area contributed by atoms with Gasteiger partial charge in [-0.25, -0.2) is 0 Å². The van der Waals surface area contributed by atoms with Crippen molar-refractivity contribution in [3.63, 3.8) is 0 Å². The topological polar surface area (TPSA) is 95.9 Å². The first-order chi connectivity index (χ1) is 38.5. The van der Waals surface area contributed by atoms with Crippen LogP contribution in [-0.4, -0.2) is 47.4 Å². The van der Waals surface area contributed by atoms with Gasteiger partial charge in [0.15, 0.2) is 0 Å². The Morgan fingerprint density at radius 3 is 1.00 bits per heavy atom. The minimum atomic E-state index is -0.669. The Labute approximate surface area is 488 Å². The number of hydrogen-bond donors (Lipinski definition) is 3. The molecule has 0 bridgehead atoms. The van der Waals surface area contributed by atoms with Gasteiger partial charge in [0.1, 0.15) is 0 Å². The molecule has 2 unspecified atom stereocenters. The molecule has 0 aromatic heterocycles. The number of aliphatic hydroxyl groups is 2. The fraction of sp³-hybridized carbons (Fsp3) is 0.917. The van der Waals surface area contributed by atoms with Crippen LogP contribution in [0.4, 0.5) is 0 Å². The van der Waals surface area contributed by atoms with Crippen molar-refractivity contribution < 1.29 is 24.5 Å². The molecule has 6 heteroatoms. The summed E-state index contributed by atoms with van der Waals surface area (Å²) in [7, 11) is 0. The number of allylic oxidation sites excluding steroid dienone is 4. The average molecular weight is 1100 g/mol. The predicted octanol–water partition coefficient (Wildman–Crippen LogP) is 22.9. The van der Waals surface area contributed by atoms with Crippen LogP contribution in [0.2, 0.25) is 0 Å². The highest BCUT2D eigenvalue weighted by Crippen LogP contribution is 2.19. The predicted molar refractivity (Wildman–Crippen MR) is 343 cm³/mol. The first-order valence-electron chi connectivity index (χ1n) is 35.6. The fourth-order valence-electron chi connectivity index (χ4n) is 11.3. The van der Waals surface area contributed by atoms with Crippen molar-refractivity contribution in [2.24, 2.45) is 0 Å². The summed E-state index contributed by atoms with van der Waals surface area (Å²) in [4.78, 5) is 24.7. The Morgan fingerprint density at radius 1 is 0.359 bits per heavy atom. The molecule has 0 saturated carbocycles. The van der Waals surface area contributed by atoms with Gasteiger partial charge in [0, 0.05) is 12.8 Å². The van der Waals surface area contributed by atoms with Crippen LogP contribution in [0.5, 0.6) is 0 Å². The number of amides is 1. The van der Waals surface area contributed by atoms with E-state index >= 15 is 0 Å². The Balaban J connectivity index is 3.39. The SMILES string of the molecule is CCCCC/C=C\C/C=C\CCCCCCCCCCCC(=O)OCCCCCCCCCCCCCCCCCCCCC(=O)NC(CO)C(O)CCCCCCCCCCCCCCCCCCCCCCCCCC. The number of hydrogen-bond acceptors (Lipinski definition) is 5. The second-order valence-corrected chi connectivity index (χ2v) is 24.6. The van der Waals surface area contributed by atoms with E-state index in [0.29, 0.717) is 25.9 Å². The molecule has 0 aliphatic carbocycles. The van der Waals surface area contributed by atoms with Gasteiger partial charge in [0.05, 0.1) is 25.4 Å². The average Bonchev–Trinajstić information content (AvgIpc) is 3.44. The van der Waals surface area contributed by atoms with Crippen molar-refractivity contribution in [3.8, 4) is 0 Å². The standard InChI is InChI=1S/C72H139NO5/c1-3-5-7-9-11-13-15-17-19-21-23-24-25-26-27-29-32-36-40-44-48-52-56-60-64-70(75)69(68-74)73-71(76)65-61-57-53-49-45-41-37-33-30-31-35-39-43-47-51-55-59-63-67-78-72(77)66-62-58-54-50-46-42-38-34-28-22-20-18-16-14-12-10-8-6-4-2/h12,14,18,20,69-70,74-75H,3-11,13,15-17,19,21-68H2,1-2H3,(H,73,76)/b14-12-,20-18-. The number of rotatable bonds is 67. The van der Waals surface area contributed by atoms with E-state index in [1.54, 1.807) is 0 Å². The molecule has 1 amide bonds. The molecule has 3 N–H and O–H groups in total. The van der Waals surface area contributed by atoms with Crippen LogP contribution in [0.1, 0.15) is 399 Å². The van der Waals surface area contributed by atoms with Crippen molar-refractivity contribution in [3.05, 3.63) is 24.3 Å². The molecule has 78 heavy (non-hydrogen) atoms. The number of ether oxygens (including phenoxy) is 1. The van der Waals surface area contributed by atoms with E-state index in [2.05, 4.69) is 43.5 Å². The summed E-state index contributed by atoms with van der Waals surface area (Å²) in [6.07, 6.45) is 85.0. The zero-order valence-corrected chi connectivity index (χ0v) is 52.9. The van der Waals surface area contributed by atoms with Crippen molar-refractivity contribution in [1.29, 1.82) is 0 Å². The summed E-state index contributed by atoms with van der Waals surface area (Å²) in [5.41, 5.74) is 0. The van der Waals surface area contributed by atoms with Gasteiger partial charge in [-0.15, -0.1) is 0 Å². The van der Waals surface area contributed by atoms with Gasteiger partial charge in [-0.3, -0.25) is 9.59 Å². The van der Waals surface area contributed by atoms with Crippen molar-refractivity contribution in [2.45, 2.75) is 411 Å². The first kappa shape index (κ1) is 76.3.